The van der Waals surface area contributed by atoms with Crippen LogP contribution < -0.4 is 0 Å². The number of aryl methyl sites for hydroxylation is 1. The van der Waals surface area contributed by atoms with Crippen molar-refractivity contribution in [2.75, 3.05) is 0 Å². The number of hydrogen-bond acceptors (Lipinski definition) is 5. The minimum atomic E-state index is 0.286. The highest BCUT2D eigenvalue weighted by Gasteiger charge is 2.15. The van der Waals surface area contributed by atoms with Gasteiger partial charge in [-0.2, -0.15) is 0 Å². The van der Waals surface area contributed by atoms with Crippen LogP contribution in [0.25, 0.3) is 22.4 Å². The lowest BCUT2D eigenvalue weighted by molar-refractivity contribution is 0.464. The van der Waals surface area contributed by atoms with Crippen LogP contribution in [0.5, 0.6) is 0 Å². The molecule has 2 heterocycles. The first-order valence-electron chi connectivity index (χ1n) is 8.60. The molecule has 2 aromatic carbocycles. The molecule has 4 aromatic rings. The Hall–Kier alpha value is -2.66. The standard InChI is InChI=1S/C21H19N3OS/c1-14-7-3-5-9-18(14)20-23-24-21(25-20)26-15(2)13-17-12-11-16-8-4-6-10-19(16)22-17/h3-12,15H,13H2,1-2H3/t15-/m0/s1. The number of rotatable bonds is 5. The van der Waals surface area contributed by atoms with Crippen LogP contribution in [0.2, 0.25) is 0 Å². The lowest BCUT2D eigenvalue weighted by Crippen LogP contribution is -2.03. The molecule has 0 aliphatic heterocycles. The molecule has 26 heavy (non-hydrogen) atoms. The molecule has 2 aromatic heterocycles. The molecule has 0 saturated heterocycles. The molecule has 1 atom stereocenters. The summed E-state index contributed by atoms with van der Waals surface area (Å²) in [5, 5.41) is 10.4. The predicted octanol–water partition coefficient (Wildman–Crippen LogP) is 5.32. The van der Waals surface area contributed by atoms with Crippen LogP contribution >= 0.6 is 11.8 Å². The van der Waals surface area contributed by atoms with Gasteiger partial charge in [0, 0.05) is 28.3 Å². The topological polar surface area (TPSA) is 51.8 Å². The second kappa shape index (κ2) is 7.30. The first-order valence-corrected chi connectivity index (χ1v) is 9.48. The van der Waals surface area contributed by atoms with Gasteiger partial charge in [0.25, 0.3) is 5.22 Å². The van der Waals surface area contributed by atoms with Crippen molar-refractivity contribution in [3.63, 3.8) is 0 Å². The van der Waals surface area contributed by atoms with E-state index < -0.39 is 0 Å². The fourth-order valence-corrected chi connectivity index (χ4v) is 3.72. The van der Waals surface area contributed by atoms with E-state index >= 15 is 0 Å². The van der Waals surface area contributed by atoms with Crippen LogP contribution in [0.15, 0.2) is 70.3 Å². The average molecular weight is 361 g/mol. The quantitative estimate of drug-likeness (QED) is 0.451. The van der Waals surface area contributed by atoms with Crippen molar-refractivity contribution < 1.29 is 4.42 Å². The van der Waals surface area contributed by atoms with Crippen molar-refractivity contribution >= 4 is 22.7 Å². The summed E-state index contributed by atoms with van der Waals surface area (Å²) in [7, 11) is 0. The number of thioether (sulfide) groups is 1. The van der Waals surface area contributed by atoms with Gasteiger partial charge in [-0.05, 0) is 30.7 Å². The fourth-order valence-electron chi connectivity index (χ4n) is 2.91. The van der Waals surface area contributed by atoms with E-state index in [1.165, 1.54) is 0 Å². The Bertz CT molecular complexity index is 1040. The van der Waals surface area contributed by atoms with Crippen LogP contribution in [0.3, 0.4) is 0 Å². The lowest BCUT2D eigenvalue weighted by atomic mass is 10.1. The number of aromatic nitrogens is 3. The van der Waals surface area contributed by atoms with Gasteiger partial charge in [0.15, 0.2) is 0 Å². The van der Waals surface area contributed by atoms with Crippen LogP contribution in [0.4, 0.5) is 0 Å². The van der Waals surface area contributed by atoms with E-state index in [2.05, 4.69) is 35.3 Å². The van der Waals surface area contributed by atoms with E-state index in [1.54, 1.807) is 11.8 Å². The number of hydrogen-bond donors (Lipinski definition) is 0. The molecule has 0 fully saturated rings. The molecule has 0 N–H and O–H groups in total. The third kappa shape index (κ3) is 3.63. The van der Waals surface area contributed by atoms with Gasteiger partial charge in [-0.3, -0.25) is 4.98 Å². The van der Waals surface area contributed by atoms with E-state index in [-0.39, 0.29) is 5.25 Å². The number of benzene rings is 2. The molecular formula is C21H19N3OS. The Balaban J connectivity index is 1.46. The second-order valence-corrected chi connectivity index (χ2v) is 7.71. The van der Waals surface area contributed by atoms with E-state index in [0.29, 0.717) is 11.1 Å². The maximum atomic E-state index is 5.85. The maximum absolute atomic E-state index is 5.85. The molecule has 4 rings (SSSR count). The number of para-hydroxylation sites is 1. The molecular weight excluding hydrogens is 342 g/mol. The molecule has 5 heteroatoms. The van der Waals surface area contributed by atoms with E-state index in [1.807, 2.05) is 49.4 Å². The predicted molar refractivity (Wildman–Crippen MR) is 105 cm³/mol. The summed E-state index contributed by atoms with van der Waals surface area (Å²) in [6.45, 7) is 4.19. The summed E-state index contributed by atoms with van der Waals surface area (Å²) in [6, 6.07) is 20.4. The summed E-state index contributed by atoms with van der Waals surface area (Å²) in [4.78, 5) is 4.74. The normalized spacial score (nSPS) is 12.4. The van der Waals surface area contributed by atoms with Gasteiger partial charge >= 0.3 is 0 Å². The highest BCUT2D eigenvalue weighted by Crippen LogP contribution is 2.29. The molecule has 0 aliphatic carbocycles. The van der Waals surface area contributed by atoms with Crippen molar-refractivity contribution in [3.05, 3.63) is 71.9 Å². The molecule has 0 amide bonds. The minimum Gasteiger partial charge on any atom is -0.411 e. The third-order valence-corrected chi connectivity index (χ3v) is 5.17. The van der Waals surface area contributed by atoms with Crippen molar-refractivity contribution in [2.45, 2.75) is 30.7 Å². The van der Waals surface area contributed by atoms with E-state index in [9.17, 15) is 0 Å². The van der Waals surface area contributed by atoms with Gasteiger partial charge in [-0.25, -0.2) is 0 Å². The molecule has 130 valence electrons. The molecule has 0 aliphatic rings. The number of nitrogens with zero attached hydrogens (tertiary/aromatic N) is 3. The van der Waals surface area contributed by atoms with Crippen molar-refractivity contribution in [3.8, 4) is 11.5 Å². The van der Waals surface area contributed by atoms with Crippen LogP contribution in [0, 0.1) is 6.92 Å². The summed E-state index contributed by atoms with van der Waals surface area (Å²) in [6.07, 6.45) is 0.845. The third-order valence-electron chi connectivity index (χ3n) is 4.24. The lowest BCUT2D eigenvalue weighted by Gasteiger charge is -2.08. The van der Waals surface area contributed by atoms with Gasteiger partial charge in [0.05, 0.1) is 5.52 Å². The largest absolute Gasteiger partial charge is 0.411 e. The number of pyridine rings is 1. The monoisotopic (exact) mass is 361 g/mol. The summed E-state index contributed by atoms with van der Waals surface area (Å²) < 4.78 is 5.85. The van der Waals surface area contributed by atoms with Crippen molar-refractivity contribution in [1.82, 2.24) is 15.2 Å². The number of fused-ring (bicyclic) bond motifs is 1. The Morgan fingerprint density at radius 3 is 2.65 bits per heavy atom. The van der Waals surface area contributed by atoms with Gasteiger partial charge in [-0.1, -0.05) is 61.2 Å². The van der Waals surface area contributed by atoms with E-state index in [0.717, 1.165) is 34.1 Å². The Morgan fingerprint density at radius 1 is 0.962 bits per heavy atom. The highest BCUT2D eigenvalue weighted by atomic mass is 32.2. The van der Waals surface area contributed by atoms with Crippen molar-refractivity contribution in [2.24, 2.45) is 0 Å². The molecule has 0 saturated carbocycles. The van der Waals surface area contributed by atoms with Crippen LogP contribution in [0.1, 0.15) is 18.2 Å². The molecule has 0 bridgehead atoms. The first-order chi connectivity index (χ1) is 12.7. The zero-order valence-corrected chi connectivity index (χ0v) is 15.5. The Labute approximate surface area is 156 Å². The highest BCUT2D eigenvalue weighted by molar-refractivity contribution is 7.99. The van der Waals surface area contributed by atoms with Crippen molar-refractivity contribution in [1.29, 1.82) is 0 Å². The van der Waals surface area contributed by atoms with Gasteiger partial charge in [-0.15, -0.1) is 10.2 Å². The molecule has 0 spiro atoms. The molecule has 0 radical (unpaired) electrons. The average Bonchev–Trinajstić information content (AvgIpc) is 3.10. The summed E-state index contributed by atoms with van der Waals surface area (Å²) in [5.41, 5.74) is 4.21. The Kier molecular flexibility index (Phi) is 4.71. The first kappa shape index (κ1) is 16.8. The van der Waals surface area contributed by atoms with Gasteiger partial charge in [0.1, 0.15) is 0 Å². The van der Waals surface area contributed by atoms with Gasteiger partial charge < -0.3 is 4.42 Å². The zero-order valence-electron chi connectivity index (χ0n) is 14.7. The summed E-state index contributed by atoms with van der Waals surface area (Å²) >= 11 is 1.58. The zero-order chi connectivity index (χ0) is 17.9. The van der Waals surface area contributed by atoms with Crippen LogP contribution in [-0.4, -0.2) is 20.4 Å². The smallest absolute Gasteiger partial charge is 0.277 e. The molecule has 0 unspecified atom stereocenters. The van der Waals surface area contributed by atoms with E-state index in [4.69, 9.17) is 9.40 Å². The van der Waals surface area contributed by atoms with Gasteiger partial charge in [0.2, 0.25) is 5.89 Å². The van der Waals surface area contributed by atoms with Crippen LogP contribution in [-0.2, 0) is 6.42 Å². The second-order valence-electron chi connectivity index (χ2n) is 6.32. The SMILES string of the molecule is Cc1ccccc1-c1nnc(S[C@@H](C)Cc2ccc3ccccc3n2)o1. The Morgan fingerprint density at radius 2 is 1.77 bits per heavy atom. The maximum Gasteiger partial charge on any atom is 0.277 e. The fraction of sp³-hybridized carbons (Fsp3) is 0.190. The molecule has 4 nitrogen and oxygen atoms in total. The minimum absolute atomic E-state index is 0.286. The summed E-state index contributed by atoms with van der Waals surface area (Å²) in [5.74, 6) is 0.571.